The zero-order chi connectivity index (χ0) is 13.7. The van der Waals surface area contributed by atoms with Gasteiger partial charge in [-0.2, -0.15) is 0 Å². The lowest BCUT2D eigenvalue weighted by molar-refractivity contribution is 0.108. The Morgan fingerprint density at radius 2 is 1.79 bits per heavy atom. The van der Waals surface area contributed by atoms with Crippen LogP contribution in [0.2, 0.25) is 0 Å². The lowest BCUT2D eigenvalue weighted by Gasteiger charge is -2.34. The van der Waals surface area contributed by atoms with E-state index in [2.05, 4.69) is 9.80 Å². The number of aliphatic hydroxyl groups excluding tert-OH is 1. The number of hydrogen-bond acceptors (Lipinski definition) is 4. The highest BCUT2D eigenvalue weighted by molar-refractivity contribution is 5.27. The highest BCUT2D eigenvalue weighted by Crippen LogP contribution is 2.15. The largest absolute Gasteiger partial charge is 0.395 e. The molecule has 1 aliphatic rings. The molecule has 5 heteroatoms. The van der Waals surface area contributed by atoms with Crippen LogP contribution in [-0.2, 0) is 13.1 Å². The lowest BCUT2D eigenvalue weighted by atomic mass is 10.1. The SMILES string of the molecule is NCc1ccc(F)cc1CN1CCN(CCO)CC1. The molecule has 0 spiro atoms. The van der Waals surface area contributed by atoms with Crippen molar-refractivity contribution >= 4 is 0 Å². The van der Waals surface area contributed by atoms with Gasteiger partial charge in [-0.25, -0.2) is 4.39 Å². The molecule has 0 atom stereocenters. The van der Waals surface area contributed by atoms with Gasteiger partial charge in [0.25, 0.3) is 0 Å². The molecule has 0 amide bonds. The van der Waals surface area contributed by atoms with Gasteiger partial charge in [0.05, 0.1) is 6.61 Å². The number of hydrogen-bond donors (Lipinski definition) is 2. The number of aliphatic hydroxyl groups is 1. The van der Waals surface area contributed by atoms with Gasteiger partial charge < -0.3 is 10.8 Å². The number of piperazine rings is 1. The summed E-state index contributed by atoms with van der Waals surface area (Å²) in [4.78, 5) is 4.55. The molecule has 106 valence electrons. The molecule has 0 bridgehead atoms. The number of benzene rings is 1. The molecule has 0 radical (unpaired) electrons. The van der Waals surface area contributed by atoms with Crippen LogP contribution in [0.15, 0.2) is 18.2 Å². The molecule has 0 saturated carbocycles. The quantitative estimate of drug-likeness (QED) is 0.810. The van der Waals surface area contributed by atoms with Gasteiger partial charge in [0, 0.05) is 45.8 Å². The smallest absolute Gasteiger partial charge is 0.123 e. The van der Waals surface area contributed by atoms with Gasteiger partial charge in [0.2, 0.25) is 0 Å². The minimum absolute atomic E-state index is 0.203. The molecule has 0 aromatic heterocycles. The molecular weight excluding hydrogens is 245 g/mol. The Hall–Kier alpha value is -1.01. The van der Waals surface area contributed by atoms with E-state index in [1.165, 1.54) is 6.07 Å². The molecule has 1 aliphatic heterocycles. The average Bonchev–Trinajstić information content (AvgIpc) is 2.42. The monoisotopic (exact) mass is 267 g/mol. The Morgan fingerprint density at radius 1 is 1.11 bits per heavy atom. The van der Waals surface area contributed by atoms with Crippen molar-refractivity contribution in [1.29, 1.82) is 0 Å². The molecular formula is C14H22FN3O. The first-order valence-corrected chi connectivity index (χ1v) is 6.76. The highest BCUT2D eigenvalue weighted by Gasteiger charge is 2.17. The number of β-amino-alcohol motifs (C(OH)–C–C–N with tert-alkyl or cyclic N) is 1. The van der Waals surface area contributed by atoms with Crippen LogP contribution in [0.3, 0.4) is 0 Å². The van der Waals surface area contributed by atoms with Crippen molar-refractivity contribution in [2.75, 3.05) is 39.3 Å². The predicted octanol–water partition coefficient (Wildman–Crippen LogP) is 0.394. The summed E-state index contributed by atoms with van der Waals surface area (Å²) in [6.45, 7) is 5.93. The van der Waals surface area contributed by atoms with Crippen molar-refractivity contribution in [3.63, 3.8) is 0 Å². The van der Waals surface area contributed by atoms with E-state index in [-0.39, 0.29) is 12.4 Å². The van der Waals surface area contributed by atoms with Crippen LogP contribution in [0.4, 0.5) is 4.39 Å². The van der Waals surface area contributed by atoms with Crippen molar-refractivity contribution in [3.8, 4) is 0 Å². The third kappa shape index (κ3) is 3.98. The number of nitrogens with two attached hydrogens (primary N) is 1. The number of rotatable bonds is 5. The van der Waals surface area contributed by atoms with Crippen LogP contribution in [-0.4, -0.2) is 54.2 Å². The van der Waals surface area contributed by atoms with Gasteiger partial charge in [0.15, 0.2) is 0 Å². The first-order chi connectivity index (χ1) is 9.22. The molecule has 3 N–H and O–H groups in total. The first kappa shape index (κ1) is 14.4. The van der Waals surface area contributed by atoms with Crippen molar-refractivity contribution in [2.45, 2.75) is 13.1 Å². The van der Waals surface area contributed by atoms with E-state index >= 15 is 0 Å². The molecule has 4 nitrogen and oxygen atoms in total. The Labute approximate surface area is 113 Å². The van der Waals surface area contributed by atoms with Gasteiger partial charge >= 0.3 is 0 Å². The van der Waals surface area contributed by atoms with Crippen LogP contribution in [0, 0.1) is 5.82 Å². The topological polar surface area (TPSA) is 52.7 Å². The predicted molar refractivity (Wildman–Crippen MR) is 73.1 cm³/mol. The molecule has 2 rings (SSSR count). The summed E-state index contributed by atoms with van der Waals surface area (Å²) in [6.07, 6.45) is 0. The molecule has 1 aromatic carbocycles. The van der Waals surface area contributed by atoms with E-state index in [0.717, 1.165) is 50.4 Å². The Bertz CT molecular complexity index is 406. The standard InChI is InChI=1S/C14H22FN3O/c15-14-2-1-12(10-16)13(9-14)11-18-5-3-17(4-6-18)7-8-19/h1-2,9,19H,3-8,10-11,16H2. The average molecular weight is 267 g/mol. The molecule has 19 heavy (non-hydrogen) atoms. The normalized spacial score (nSPS) is 17.8. The first-order valence-electron chi connectivity index (χ1n) is 6.76. The Kier molecular flexibility index (Phi) is 5.27. The van der Waals surface area contributed by atoms with Gasteiger partial charge in [-0.1, -0.05) is 6.07 Å². The second-order valence-corrected chi connectivity index (χ2v) is 4.96. The second kappa shape index (κ2) is 6.96. The van der Waals surface area contributed by atoms with E-state index in [4.69, 9.17) is 10.8 Å². The summed E-state index contributed by atoms with van der Waals surface area (Å²) in [5.41, 5.74) is 7.69. The van der Waals surface area contributed by atoms with E-state index < -0.39 is 0 Å². The molecule has 0 unspecified atom stereocenters. The fourth-order valence-electron chi connectivity index (χ4n) is 2.49. The minimum atomic E-state index is -0.203. The van der Waals surface area contributed by atoms with Crippen LogP contribution in [0.25, 0.3) is 0 Å². The van der Waals surface area contributed by atoms with Gasteiger partial charge in [-0.3, -0.25) is 9.80 Å². The van der Waals surface area contributed by atoms with Crippen LogP contribution in [0.5, 0.6) is 0 Å². The third-order valence-electron chi connectivity index (χ3n) is 3.66. The fourth-order valence-corrected chi connectivity index (χ4v) is 2.49. The Morgan fingerprint density at radius 3 is 2.42 bits per heavy atom. The summed E-state index contributed by atoms with van der Waals surface area (Å²) < 4.78 is 13.3. The van der Waals surface area contributed by atoms with Crippen molar-refractivity contribution < 1.29 is 9.50 Å². The number of halogens is 1. The summed E-state index contributed by atoms with van der Waals surface area (Å²) in [5, 5.41) is 8.91. The van der Waals surface area contributed by atoms with Gasteiger partial charge in [-0.15, -0.1) is 0 Å². The van der Waals surface area contributed by atoms with Gasteiger partial charge in [0.1, 0.15) is 5.82 Å². The second-order valence-electron chi connectivity index (χ2n) is 4.96. The zero-order valence-electron chi connectivity index (χ0n) is 11.2. The summed E-state index contributed by atoms with van der Waals surface area (Å²) >= 11 is 0. The van der Waals surface area contributed by atoms with E-state index in [1.54, 1.807) is 12.1 Å². The summed E-state index contributed by atoms with van der Waals surface area (Å²) in [5.74, 6) is -0.203. The fraction of sp³-hybridized carbons (Fsp3) is 0.571. The molecule has 1 saturated heterocycles. The minimum Gasteiger partial charge on any atom is -0.395 e. The maximum absolute atomic E-state index is 13.3. The summed E-state index contributed by atoms with van der Waals surface area (Å²) in [6, 6.07) is 4.82. The molecule has 1 aromatic rings. The third-order valence-corrected chi connectivity index (χ3v) is 3.66. The van der Waals surface area contributed by atoms with Crippen LogP contribution in [0.1, 0.15) is 11.1 Å². The van der Waals surface area contributed by atoms with Crippen molar-refractivity contribution in [3.05, 3.63) is 35.1 Å². The molecule has 1 heterocycles. The van der Waals surface area contributed by atoms with Crippen molar-refractivity contribution in [1.82, 2.24) is 9.80 Å². The maximum Gasteiger partial charge on any atom is 0.123 e. The van der Waals surface area contributed by atoms with E-state index in [0.29, 0.717) is 6.54 Å². The molecule has 0 aliphatic carbocycles. The van der Waals surface area contributed by atoms with Crippen molar-refractivity contribution in [2.24, 2.45) is 5.73 Å². The lowest BCUT2D eigenvalue weighted by Crippen LogP contribution is -2.46. The maximum atomic E-state index is 13.3. The van der Waals surface area contributed by atoms with E-state index in [1.807, 2.05) is 0 Å². The van der Waals surface area contributed by atoms with E-state index in [9.17, 15) is 4.39 Å². The van der Waals surface area contributed by atoms with Crippen LogP contribution < -0.4 is 5.73 Å². The highest BCUT2D eigenvalue weighted by atomic mass is 19.1. The summed E-state index contributed by atoms with van der Waals surface area (Å²) in [7, 11) is 0. The zero-order valence-corrected chi connectivity index (χ0v) is 11.2. The molecule has 1 fully saturated rings. The Balaban J connectivity index is 1.93. The van der Waals surface area contributed by atoms with Gasteiger partial charge in [-0.05, 0) is 23.3 Å². The van der Waals surface area contributed by atoms with Crippen LogP contribution >= 0.6 is 0 Å². The number of nitrogens with zero attached hydrogens (tertiary/aromatic N) is 2.